The van der Waals surface area contributed by atoms with Crippen molar-refractivity contribution >= 4 is 23.4 Å². The molecule has 0 radical (unpaired) electrons. The summed E-state index contributed by atoms with van der Waals surface area (Å²) in [4.78, 5) is 28.7. The van der Waals surface area contributed by atoms with E-state index >= 15 is 0 Å². The molecule has 2 aromatic rings. The van der Waals surface area contributed by atoms with Crippen LogP contribution in [0, 0.1) is 0 Å². The molecule has 7 heteroatoms. The van der Waals surface area contributed by atoms with Crippen molar-refractivity contribution in [2.75, 3.05) is 39.4 Å². The molecule has 0 aliphatic carbocycles. The fourth-order valence-electron chi connectivity index (χ4n) is 3.02. The van der Waals surface area contributed by atoms with Gasteiger partial charge in [-0.2, -0.15) is 0 Å². The number of amides is 2. The summed E-state index contributed by atoms with van der Waals surface area (Å²) < 4.78 is 11.1. The van der Waals surface area contributed by atoms with Gasteiger partial charge in [-0.25, -0.2) is 0 Å². The van der Waals surface area contributed by atoms with Crippen molar-refractivity contribution in [2.24, 2.45) is 0 Å². The maximum Gasteiger partial charge on any atom is 0.260 e. The maximum atomic E-state index is 12.8. The Morgan fingerprint density at radius 2 is 1.57 bits per heavy atom. The Hall–Kier alpha value is -2.73. The number of ether oxygens (including phenoxy) is 2. The zero-order valence-electron chi connectivity index (χ0n) is 15.8. The predicted molar refractivity (Wildman–Crippen MR) is 107 cm³/mol. The van der Waals surface area contributed by atoms with E-state index in [1.807, 2.05) is 19.1 Å². The van der Waals surface area contributed by atoms with Crippen LogP contribution in [0.4, 0.5) is 0 Å². The summed E-state index contributed by atoms with van der Waals surface area (Å²) >= 11 is 5.84. The Morgan fingerprint density at radius 1 is 0.929 bits per heavy atom. The van der Waals surface area contributed by atoms with Crippen LogP contribution in [0.3, 0.4) is 0 Å². The van der Waals surface area contributed by atoms with E-state index in [9.17, 15) is 9.59 Å². The van der Waals surface area contributed by atoms with Crippen LogP contribution in [0.15, 0.2) is 48.5 Å². The monoisotopic (exact) mass is 402 g/mol. The SMILES string of the molecule is CCOc1ccccc1C(=O)N1CCN(C(=O)COc2ccc(Cl)cc2)CC1. The highest BCUT2D eigenvalue weighted by molar-refractivity contribution is 6.30. The number of hydrogen-bond donors (Lipinski definition) is 0. The molecule has 3 rings (SSSR count). The number of halogens is 1. The standard InChI is InChI=1S/C21H23ClN2O4/c1-2-27-19-6-4-3-5-18(19)21(26)24-13-11-23(12-14-24)20(25)15-28-17-9-7-16(22)8-10-17/h3-10H,2,11-15H2,1H3. The summed E-state index contributed by atoms with van der Waals surface area (Å²) in [6, 6.07) is 14.1. The normalized spacial score (nSPS) is 13.9. The fourth-order valence-corrected chi connectivity index (χ4v) is 3.15. The van der Waals surface area contributed by atoms with Crippen LogP contribution in [0.5, 0.6) is 11.5 Å². The molecule has 1 fully saturated rings. The Kier molecular flexibility index (Phi) is 6.76. The predicted octanol–water partition coefficient (Wildman–Crippen LogP) is 3.10. The van der Waals surface area contributed by atoms with E-state index < -0.39 is 0 Å². The number of carbonyl (C=O) groups excluding carboxylic acids is 2. The lowest BCUT2D eigenvalue weighted by Gasteiger charge is -2.35. The van der Waals surface area contributed by atoms with Crippen LogP contribution < -0.4 is 9.47 Å². The molecule has 6 nitrogen and oxygen atoms in total. The molecule has 28 heavy (non-hydrogen) atoms. The van der Waals surface area contributed by atoms with Gasteiger partial charge in [0, 0.05) is 31.2 Å². The van der Waals surface area contributed by atoms with E-state index in [0.29, 0.717) is 54.9 Å². The minimum atomic E-state index is -0.100. The zero-order chi connectivity index (χ0) is 19.9. The first-order valence-electron chi connectivity index (χ1n) is 9.25. The van der Waals surface area contributed by atoms with Crippen LogP contribution in [0.1, 0.15) is 17.3 Å². The average molecular weight is 403 g/mol. The smallest absolute Gasteiger partial charge is 0.260 e. The van der Waals surface area contributed by atoms with Crippen molar-refractivity contribution in [1.82, 2.24) is 9.80 Å². The minimum Gasteiger partial charge on any atom is -0.493 e. The Labute approximate surface area is 169 Å². The molecule has 0 spiro atoms. The summed E-state index contributed by atoms with van der Waals surface area (Å²) in [7, 11) is 0. The lowest BCUT2D eigenvalue weighted by molar-refractivity contribution is -0.134. The third kappa shape index (κ3) is 4.95. The molecule has 0 N–H and O–H groups in total. The van der Waals surface area contributed by atoms with Gasteiger partial charge in [-0.3, -0.25) is 9.59 Å². The molecule has 2 amide bonds. The molecular weight excluding hydrogens is 380 g/mol. The summed E-state index contributed by atoms with van der Waals surface area (Å²) in [6.07, 6.45) is 0. The Balaban J connectivity index is 1.51. The van der Waals surface area contributed by atoms with Crippen LogP contribution in [-0.2, 0) is 4.79 Å². The van der Waals surface area contributed by atoms with Crippen molar-refractivity contribution in [2.45, 2.75) is 6.92 Å². The number of nitrogens with zero attached hydrogens (tertiary/aromatic N) is 2. The van der Waals surface area contributed by atoms with E-state index in [1.54, 1.807) is 46.2 Å². The van der Waals surface area contributed by atoms with E-state index in [0.717, 1.165) is 0 Å². The molecule has 0 saturated carbocycles. The molecule has 0 aromatic heterocycles. The lowest BCUT2D eigenvalue weighted by Crippen LogP contribution is -2.51. The van der Waals surface area contributed by atoms with Crippen molar-refractivity contribution in [3.05, 3.63) is 59.1 Å². The average Bonchev–Trinajstić information content (AvgIpc) is 2.73. The molecule has 1 aliphatic heterocycles. The zero-order valence-corrected chi connectivity index (χ0v) is 16.5. The molecule has 148 valence electrons. The van der Waals surface area contributed by atoms with Gasteiger partial charge in [0.2, 0.25) is 0 Å². The summed E-state index contributed by atoms with van der Waals surface area (Å²) in [5, 5.41) is 0.616. The quantitative estimate of drug-likeness (QED) is 0.745. The molecule has 2 aromatic carbocycles. The molecule has 0 unspecified atom stereocenters. The third-order valence-electron chi connectivity index (χ3n) is 4.51. The van der Waals surface area contributed by atoms with Gasteiger partial charge in [0.25, 0.3) is 11.8 Å². The highest BCUT2D eigenvalue weighted by Crippen LogP contribution is 2.21. The Bertz CT molecular complexity index is 817. The minimum absolute atomic E-state index is 0.0389. The van der Waals surface area contributed by atoms with Crippen molar-refractivity contribution in [3.8, 4) is 11.5 Å². The summed E-state index contributed by atoms with van der Waals surface area (Å²) in [5.41, 5.74) is 0.551. The van der Waals surface area contributed by atoms with Crippen LogP contribution in [0.2, 0.25) is 5.02 Å². The number of benzene rings is 2. The first kappa shape index (κ1) is 20.0. The van der Waals surface area contributed by atoms with Crippen molar-refractivity contribution in [3.63, 3.8) is 0 Å². The summed E-state index contributed by atoms with van der Waals surface area (Å²) in [6.45, 7) is 4.26. The van der Waals surface area contributed by atoms with Crippen LogP contribution in [-0.4, -0.2) is 61.0 Å². The number of para-hydroxylation sites is 1. The first-order valence-corrected chi connectivity index (χ1v) is 9.63. The van der Waals surface area contributed by atoms with Gasteiger partial charge in [0.1, 0.15) is 11.5 Å². The molecule has 1 aliphatic rings. The Morgan fingerprint density at radius 3 is 2.25 bits per heavy atom. The first-order chi connectivity index (χ1) is 13.6. The maximum absolute atomic E-state index is 12.8. The second kappa shape index (κ2) is 9.46. The fraction of sp³-hybridized carbons (Fsp3) is 0.333. The largest absolute Gasteiger partial charge is 0.493 e. The van der Waals surface area contributed by atoms with Gasteiger partial charge in [-0.1, -0.05) is 23.7 Å². The second-order valence-electron chi connectivity index (χ2n) is 6.34. The van der Waals surface area contributed by atoms with Crippen LogP contribution >= 0.6 is 11.6 Å². The molecule has 0 atom stereocenters. The van der Waals surface area contributed by atoms with Gasteiger partial charge in [0.15, 0.2) is 6.61 Å². The molecule has 1 heterocycles. The van der Waals surface area contributed by atoms with Gasteiger partial charge in [-0.05, 0) is 43.3 Å². The van der Waals surface area contributed by atoms with Crippen molar-refractivity contribution < 1.29 is 19.1 Å². The van der Waals surface area contributed by atoms with Crippen molar-refractivity contribution in [1.29, 1.82) is 0 Å². The van der Waals surface area contributed by atoms with E-state index in [4.69, 9.17) is 21.1 Å². The highest BCUT2D eigenvalue weighted by Gasteiger charge is 2.26. The van der Waals surface area contributed by atoms with Gasteiger partial charge in [0.05, 0.1) is 12.2 Å². The lowest BCUT2D eigenvalue weighted by atomic mass is 10.1. The topological polar surface area (TPSA) is 59.1 Å². The van der Waals surface area contributed by atoms with Gasteiger partial charge < -0.3 is 19.3 Å². The highest BCUT2D eigenvalue weighted by atomic mass is 35.5. The van der Waals surface area contributed by atoms with Gasteiger partial charge >= 0.3 is 0 Å². The number of rotatable bonds is 6. The molecule has 1 saturated heterocycles. The molecular formula is C21H23ClN2O4. The number of hydrogen-bond acceptors (Lipinski definition) is 4. The third-order valence-corrected chi connectivity index (χ3v) is 4.76. The van der Waals surface area contributed by atoms with E-state index in [1.165, 1.54) is 0 Å². The van der Waals surface area contributed by atoms with Gasteiger partial charge in [-0.15, -0.1) is 0 Å². The van der Waals surface area contributed by atoms with E-state index in [-0.39, 0.29) is 18.4 Å². The number of carbonyl (C=O) groups is 2. The number of piperazine rings is 1. The van der Waals surface area contributed by atoms with E-state index in [2.05, 4.69) is 0 Å². The second-order valence-corrected chi connectivity index (χ2v) is 6.78. The van der Waals surface area contributed by atoms with Crippen LogP contribution in [0.25, 0.3) is 0 Å². The molecule has 0 bridgehead atoms. The summed E-state index contributed by atoms with van der Waals surface area (Å²) in [5.74, 6) is 1.01.